The van der Waals surface area contributed by atoms with E-state index >= 15 is 0 Å². The van der Waals surface area contributed by atoms with Crippen LogP contribution in [0.4, 0.5) is 5.69 Å². The average molecular weight is 480 g/mol. The highest BCUT2D eigenvalue weighted by molar-refractivity contribution is 9.10. The van der Waals surface area contributed by atoms with Crippen LogP contribution in [0.3, 0.4) is 0 Å². The molecule has 2 aliphatic rings. The summed E-state index contributed by atoms with van der Waals surface area (Å²) in [7, 11) is 0. The van der Waals surface area contributed by atoms with Gasteiger partial charge in [0, 0.05) is 21.3 Å². The zero-order valence-electron chi connectivity index (χ0n) is 17.2. The van der Waals surface area contributed by atoms with Crippen molar-refractivity contribution in [2.75, 3.05) is 11.5 Å². The smallest absolute Gasteiger partial charge is 0.336 e. The fraction of sp³-hybridized carbons (Fsp3) is 0.240. The molecule has 6 heteroatoms. The van der Waals surface area contributed by atoms with Crippen LogP contribution >= 0.6 is 15.9 Å². The summed E-state index contributed by atoms with van der Waals surface area (Å²) < 4.78 is 19.6. The highest BCUT2D eigenvalue weighted by Crippen LogP contribution is 2.55. The Labute approximate surface area is 189 Å². The van der Waals surface area contributed by atoms with Crippen LogP contribution in [0.25, 0.3) is 0 Å². The largest absolute Gasteiger partial charge is 0.464 e. The standard InChI is InChI=1S/C25H22BrNO4/c1-3-29-24(28)22-25(17-10-8-16(2)9-11-17)30-21-7-5-4-6-20(21)23(31-25)27(22)19-14-12-18(26)13-15-19/h4-15,22-23H,3H2,1-2H3/t22-,23-,25-/m0/s1. The van der Waals surface area contributed by atoms with E-state index in [4.69, 9.17) is 14.2 Å². The molecule has 0 saturated carbocycles. The van der Waals surface area contributed by atoms with E-state index in [0.717, 1.165) is 26.9 Å². The molecule has 0 amide bonds. The lowest BCUT2D eigenvalue weighted by Gasteiger charge is -2.36. The first-order valence-corrected chi connectivity index (χ1v) is 11.1. The highest BCUT2D eigenvalue weighted by Gasteiger charge is 2.64. The third-order valence-corrected chi connectivity index (χ3v) is 6.24. The van der Waals surface area contributed by atoms with Gasteiger partial charge in [-0.2, -0.15) is 0 Å². The molecule has 2 heterocycles. The summed E-state index contributed by atoms with van der Waals surface area (Å²) in [6.07, 6.45) is -0.498. The number of fused-ring (bicyclic) bond motifs is 4. The maximum absolute atomic E-state index is 13.4. The number of hydrogen-bond acceptors (Lipinski definition) is 5. The van der Waals surface area contributed by atoms with E-state index in [9.17, 15) is 4.79 Å². The molecule has 2 aliphatic heterocycles. The number of aryl methyl sites for hydroxylation is 1. The Hall–Kier alpha value is -2.83. The van der Waals surface area contributed by atoms with Crippen LogP contribution < -0.4 is 9.64 Å². The number of rotatable bonds is 4. The second-order valence-electron chi connectivity index (χ2n) is 7.68. The molecule has 5 nitrogen and oxygen atoms in total. The van der Waals surface area contributed by atoms with E-state index in [1.165, 1.54) is 0 Å². The molecule has 1 fully saturated rings. The average Bonchev–Trinajstić information content (AvgIpc) is 3.05. The number of anilines is 1. The molecule has 3 aromatic carbocycles. The van der Waals surface area contributed by atoms with Gasteiger partial charge in [-0.3, -0.25) is 0 Å². The monoisotopic (exact) mass is 479 g/mol. The number of nitrogens with zero attached hydrogens (tertiary/aromatic N) is 1. The fourth-order valence-corrected chi connectivity index (χ4v) is 4.56. The van der Waals surface area contributed by atoms with Gasteiger partial charge >= 0.3 is 5.97 Å². The molecule has 3 aromatic rings. The van der Waals surface area contributed by atoms with Gasteiger partial charge in [-0.25, -0.2) is 4.79 Å². The SMILES string of the molecule is CCOC(=O)[C@@H]1N(c2ccc(Br)cc2)[C@H]2O[C@]1(c1ccc(C)cc1)Oc1ccccc12. The van der Waals surface area contributed by atoms with Gasteiger partial charge in [-0.05, 0) is 44.2 Å². The van der Waals surface area contributed by atoms with E-state index in [-0.39, 0.29) is 12.6 Å². The zero-order chi connectivity index (χ0) is 21.6. The summed E-state index contributed by atoms with van der Waals surface area (Å²) in [5, 5.41) is 0. The van der Waals surface area contributed by atoms with Gasteiger partial charge in [-0.15, -0.1) is 0 Å². The topological polar surface area (TPSA) is 48.0 Å². The molecule has 3 atom stereocenters. The van der Waals surface area contributed by atoms with Crippen LogP contribution in [0.1, 0.15) is 29.8 Å². The van der Waals surface area contributed by atoms with Gasteiger partial charge in [0.25, 0.3) is 5.79 Å². The Morgan fingerprint density at radius 2 is 1.77 bits per heavy atom. The number of carbonyl (C=O) groups excluding carboxylic acids is 1. The van der Waals surface area contributed by atoms with Crippen LogP contribution in [0.5, 0.6) is 5.75 Å². The summed E-state index contributed by atoms with van der Waals surface area (Å²) in [5.74, 6) is -1.01. The van der Waals surface area contributed by atoms with Crippen LogP contribution in [0.15, 0.2) is 77.3 Å². The highest BCUT2D eigenvalue weighted by atomic mass is 79.9. The Kier molecular flexibility index (Phi) is 4.99. The van der Waals surface area contributed by atoms with Crippen molar-refractivity contribution in [2.24, 2.45) is 0 Å². The molecule has 1 saturated heterocycles. The van der Waals surface area contributed by atoms with Crippen LogP contribution in [0, 0.1) is 6.92 Å². The van der Waals surface area contributed by atoms with E-state index < -0.39 is 18.1 Å². The number of benzene rings is 3. The van der Waals surface area contributed by atoms with Crippen LogP contribution in [-0.2, 0) is 20.1 Å². The maximum atomic E-state index is 13.4. The van der Waals surface area contributed by atoms with Crippen LogP contribution in [-0.4, -0.2) is 18.6 Å². The summed E-state index contributed by atoms with van der Waals surface area (Å²) in [5.41, 5.74) is 3.61. The summed E-state index contributed by atoms with van der Waals surface area (Å²) in [6, 6.07) is 22.7. The zero-order valence-corrected chi connectivity index (χ0v) is 18.8. The fourth-order valence-electron chi connectivity index (χ4n) is 4.30. The van der Waals surface area contributed by atoms with Gasteiger partial charge in [0.2, 0.25) is 6.04 Å². The molecule has 0 radical (unpaired) electrons. The lowest BCUT2D eigenvalue weighted by Crippen LogP contribution is -2.52. The van der Waals surface area contributed by atoms with Crippen molar-refractivity contribution in [3.63, 3.8) is 0 Å². The first kappa shape index (κ1) is 20.1. The van der Waals surface area contributed by atoms with Gasteiger partial charge < -0.3 is 19.1 Å². The third-order valence-electron chi connectivity index (χ3n) is 5.71. The lowest BCUT2D eigenvalue weighted by atomic mass is 9.96. The summed E-state index contributed by atoms with van der Waals surface area (Å²) >= 11 is 3.49. The second-order valence-corrected chi connectivity index (χ2v) is 8.60. The first-order chi connectivity index (χ1) is 15.0. The minimum atomic E-state index is -1.33. The Morgan fingerprint density at radius 3 is 2.48 bits per heavy atom. The number of para-hydroxylation sites is 1. The molecule has 0 spiro atoms. The number of carbonyl (C=O) groups is 1. The van der Waals surface area contributed by atoms with Crippen molar-refractivity contribution in [3.8, 4) is 5.75 Å². The minimum absolute atomic E-state index is 0.269. The van der Waals surface area contributed by atoms with Crippen molar-refractivity contribution >= 4 is 27.6 Å². The molecule has 0 unspecified atom stereocenters. The molecule has 2 bridgehead atoms. The normalized spacial score (nSPS) is 23.8. The summed E-state index contributed by atoms with van der Waals surface area (Å²) in [4.78, 5) is 15.4. The van der Waals surface area contributed by atoms with Crippen molar-refractivity contribution in [1.82, 2.24) is 0 Å². The van der Waals surface area contributed by atoms with Crippen molar-refractivity contribution < 1.29 is 19.0 Å². The quantitative estimate of drug-likeness (QED) is 0.464. The van der Waals surface area contributed by atoms with Crippen molar-refractivity contribution in [1.29, 1.82) is 0 Å². The van der Waals surface area contributed by atoms with Crippen molar-refractivity contribution in [2.45, 2.75) is 31.9 Å². The third kappa shape index (κ3) is 3.22. The predicted octanol–water partition coefficient (Wildman–Crippen LogP) is 5.47. The van der Waals surface area contributed by atoms with E-state index in [0.29, 0.717) is 5.75 Å². The van der Waals surface area contributed by atoms with E-state index in [1.807, 2.05) is 84.6 Å². The lowest BCUT2D eigenvalue weighted by molar-refractivity contribution is -0.209. The predicted molar refractivity (Wildman–Crippen MR) is 121 cm³/mol. The number of esters is 1. The van der Waals surface area contributed by atoms with Gasteiger partial charge in [0.1, 0.15) is 5.75 Å². The van der Waals surface area contributed by atoms with Gasteiger partial charge in [0.05, 0.1) is 6.61 Å². The van der Waals surface area contributed by atoms with Gasteiger partial charge in [0.15, 0.2) is 6.23 Å². The molecule has 0 aromatic heterocycles. The number of hydrogen-bond donors (Lipinski definition) is 0. The van der Waals surface area contributed by atoms with E-state index in [2.05, 4.69) is 15.9 Å². The van der Waals surface area contributed by atoms with Crippen LogP contribution in [0.2, 0.25) is 0 Å². The second kappa shape index (κ2) is 7.70. The molecule has 0 N–H and O–H groups in total. The summed E-state index contributed by atoms with van der Waals surface area (Å²) in [6.45, 7) is 4.09. The minimum Gasteiger partial charge on any atom is -0.464 e. The Morgan fingerprint density at radius 1 is 1.06 bits per heavy atom. The molecule has 31 heavy (non-hydrogen) atoms. The Balaban J connectivity index is 1.74. The molecule has 158 valence electrons. The number of halogens is 1. The Bertz CT molecular complexity index is 1120. The molecular formula is C25H22BrNO4. The first-order valence-electron chi connectivity index (χ1n) is 10.3. The van der Waals surface area contributed by atoms with Crippen molar-refractivity contribution in [3.05, 3.63) is 94.0 Å². The molecule has 0 aliphatic carbocycles. The van der Waals surface area contributed by atoms with E-state index in [1.54, 1.807) is 6.92 Å². The molecule has 5 rings (SSSR count). The maximum Gasteiger partial charge on any atom is 0.336 e. The number of ether oxygens (including phenoxy) is 3. The van der Waals surface area contributed by atoms with Gasteiger partial charge in [-0.1, -0.05) is 64.0 Å². The molecular weight excluding hydrogens is 458 g/mol.